The second-order valence-corrected chi connectivity index (χ2v) is 10.6. The van der Waals surface area contributed by atoms with Crippen LogP contribution in [0, 0.1) is 0 Å². The van der Waals surface area contributed by atoms with Crippen molar-refractivity contribution in [2.75, 3.05) is 13.2 Å². The summed E-state index contributed by atoms with van der Waals surface area (Å²) >= 11 is 6.91. The first-order chi connectivity index (χ1) is 20.4. The first kappa shape index (κ1) is 27.6. The fourth-order valence-electron chi connectivity index (χ4n) is 5.87. The zero-order valence-corrected chi connectivity index (χ0v) is 24.4. The van der Waals surface area contributed by atoms with Crippen molar-refractivity contribution in [3.63, 3.8) is 0 Å². The molecule has 1 aliphatic heterocycles. The number of hydrogen-bond acceptors (Lipinski definition) is 6. The van der Waals surface area contributed by atoms with Crippen LogP contribution in [0.2, 0.25) is 5.02 Å². The summed E-state index contributed by atoms with van der Waals surface area (Å²) in [5, 5.41) is 5.86. The van der Waals surface area contributed by atoms with Gasteiger partial charge in [-0.15, -0.1) is 0 Å². The van der Waals surface area contributed by atoms with Gasteiger partial charge in [-0.25, -0.2) is 4.79 Å². The number of ketones is 1. The summed E-state index contributed by atoms with van der Waals surface area (Å²) in [6.07, 6.45) is 0. The molecule has 0 radical (unpaired) electrons. The molecule has 1 N–H and O–H groups in total. The third kappa shape index (κ3) is 4.72. The number of Topliss-reactive ketones (excluding diaryl/α,β-unsaturated/α-hetero) is 1. The summed E-state index contributed by atoms with van der Waals surface area (Å²) in [6.45, 7) is 6.31. The number of benzene rings is 4. The third-order valence-corrected chi connectivity index (χ3v) is 7.94. The fraction of sp³-hybridized carbons (Fsp3) is 0.200. The van der Waals surface area contributed by atoms with Crippen LogP contribution >= 0.6 is 11.6 Å². The molecule has 1 aliphatic carbocycles. The summed E-state index contributed by atoms with van der Waals surface area (Å²) in [7, 11) is 0. The van der Waals surface area contributed by atoms with E-state index >= 15 is 0 Å². The summed E-state index contributed by atoms with van der Waals surface area (Å²) in [5.41, 5.74) is 5.19. The van der Waals surface area contributed by atoms with Crippen LogP contribution in [0.4, 0.5) is 0 Å². The van der Waals surface area contributed by atoms with Gasteiger partial charge >= 0.3 is 5.97 Å². The van der Waals surface area contributed by atoms with Crippen molar-refractivity contribution < 1.29 is 23.8 Å². The van der Waals surface area contributed by atoms with Crippen molar-refractivity contribution in [1.29, 1.82) is 0 Å². The van der Waals surface area contributed by atoms with Crippen LogP contribution in [0.5, 0.6) is 11.5 Å². The van der Waals surface area contributed by atoms with Gasteiger partial charge in [0, 0.05) is 28.3 Å². The number of fused-ring (bicyclic) bond motifs is 3. The molecule has 4 aromatic rings. The predicted molar refractivity (Wildman–Crippen MR) is 164 cm³/mol. The van der Waals surface area contributed by atoms with E-state index in [-0.39, 0.29) is 19.0 Å². The van der Waals surface area contributed by atoms with E-state index in [1.54, 1.807) is 19.1 Å². The van der Waals surface area contributed by atoms with E-state index in [4.69, 9.17) is 25.8 Å². The summed E-state index contributed by atoms with van der Waals surface area (Å²) in [6, 6.07) is 25.2. The number of rotatable bonds is 8. The van der Waals surface area contributed by atoms with Crippen LogP contribution in [-0.2, 0) is 16.1 Å². The molecule has 0 bridgehead atoms. The van der Waals surface area contributed by atoms with Gasteiger partial charge in [-0.1, -0.05) is 78.3 Å². The molecule has 0 spiro atoms. The van der Waals surface area contributed by atoms with Crippen LogP contribution < -0.4 is 14.8 Å². The largest absolute Gasteiger partial charge is 0.490 e. The molecule has 0 aromatic heterocycles. The zero-order valence-electron chi connectivity index (χ0n) is 23.6. The van der Waals surface area contributed by atoms with E-state index in [0.717, 1.165) is 21.9 Å². The van der Waals surface area contributed by atoms with E-state index in [0.29, 0.717) is 56.8 Å². The van der Waals surface area contributed by atoms with E-state index in [2.05, 4.69) is 23.5 Å². The smallest absolute Gasteiger partial charge is 0.336 e. The lowest BCUT2D eigenvalue weighted by atomic mass is 9.79. The van der Waals surface area contributed by atoms with Crippen molar-refractivity contribution >= 4 is 39.8 Å². The molecule has 1 heterocycles. The maximum atomic E-state index is 13.8. The molecule has 1 atom stereocenters. The van der Waals surface area contributed by atoms with Crippen molar-refractivity contribution in [2.24, 2.45) is 0 Å². The van der Waals surface area contributed by atoms with Crippen LogP contribution in [0.1, 0.15) is 53.7 Å². The van der Waals surface area contributed by atoms with Crippen molar-refractivity contribution in [2.45, 2.75) is 33.3 Å². The monoisotopic (exact) mass is 579 g/mol. The summed E-state index contributed by atoms with van der Waals surface area (Å²) < 4.78 is 17.8. The Bertz CT molecular complexity index is 1800. The minimum absolute atomic E-state index is 0.141. The lowest BCUT2D eigenvalue weighted by Crippen LogP contribution is -2.29. The minimum atomic E-state index is -0.718. The van der Waals surface area contributed by atoms with E-state index in [9.17, 15) is 9.59 Å². The van der Waals surface area contributed by atoms with E-state index in [1.165, 1.54) is 0 Å². The lowest BCUT2D eigenvalue weighted by molar-refractivity contribution is -0.138. The predicted octanol–water partition coefficient (Wildman–Crippen LogP) is 7.60. The lowest BCUT2D eigenvalue weighted by Gasteiger charge is -2.30. The zero-order chi connectivity index (χ0) is 29.4. The minimum Gasteiger partial charge on any atom is -0.490 e. The number of carbonyl (C=O) groups is 2. The molecular weight excluding hydrogens is 550 g/mol. The molecule has 212 valence electrons. The number of ether oxygens (including phenoxy) is 3. The fourth-order valence-corrected chi connectivity index (χ4v) is 6.14. The summed E-state index contributed by atoms with van der Waals surface area (Å²) in [4.78, 5) is 27.2. The van der Waals surface area contributed by atoms with Gasteiger partial charge in [-0.2, -0.15) is 0 Å². The molecule has 6 nitrogen and oxygen atoms in total. The first-order valence-electron chi connectivity index (χ1n) is 14.0. The Hall–Kier alpha value is -4.55. The molecule has 0 fully saturated rings. The van der Waals surface area contributed by atoms with Gasteiger partial charge in [-0.05, 0) is 54.8 Å². The van der Waals surface area contributed by atoms with Crippen molar-refractivity contribution in [3.05, 3.63) is 123 Å². The van der Waals surface area contributed by atoms with E-state index < -0.39 is 11.9 Å². The van der Waals surface area contributed by atoms with Crippen molar-refractivity contribution in [1.82, 2.24) is 5.32 Å². The molecule has 0 unspecified atom stereocenters. The second kappa shape index (κ2) is 11.4. The summed E-state index contributed by atoms with van der Waals surface area (Å²) in [5.74, 6) is -0.516. The Labute approximate surface area is 249 Å². The Balaban J connectivity index is 1.44. The van der Waals surface area contributed by atoms with Gasteiger partial charge in [0.15, 0.2) is 17.3 Å². The highest BCUT2D eigenvalue weighted by atomic mass is 35.5. The van der Waals surface area contributed by atoms with E-state index in [1.807, 2.05) is 62.4 Å². The number of dihydropyridines is 1. The highest BCUT2D eigenvalue weighted by Crippen LogP contribution is 2.49. The number of halogens is 1. The molecular formula is C35H30ClNO5. The average Bonchev–Trinajstić information content (AvgIpc) is 3.27. The van der Waals surface area contributed by atoms with Gasteiger partial charge in [0.05, 0.1) is 29.5 Å². The number of allylic oxidation sites excluding steroid dienone is 2. The van der Waals surface area contributed by atoms with Crippen LogP contribution in [-0.4, -0.2) is 25.0 Å². The number of esters is 1. The molecule has 42 heavy (non-hydrogen) atoms. The Morgan fingerprint density at radius 2 is 1.64 bits per heavy atom. The Morgan fingerprint density at radius 3 is 2.43 bits per heavy atom. The normalized spacial score (nSPS) is 15.8. The average molecular weight is 580 g/mol. The van der Waals surface area contributed by atoms with Gasteiger partial charge in [-0.3, -0.25) is 4.79 Å². The number of carbonyl (C=O) groups excluding carboxylic acids is 2. The molecule has 0 saturated heterocycles. The van der Waals surface area contributed by atoms with Gasteiger partial charge in [0.2, 0.25) is 0 Å². The van der Waals surface area contributed by atoms with Gasteiger partial charge in [0.1, 0.15) is 6.61 Å². The first-order valence-corrected chi connectivity index (χ1v) is 14.4. The van der Waals surface area contributed by atoms with Gasteiger partial charge in [0.25, 0.3) is 0 Å². The second-order valence-electron chi connectivity index (χ2n) is 10.2. The van der Waals surface area contributed by atoms with Crippen LogP contribution in [0.25, 0.3) is 16.5 Å². The Morgan fingerprint density at radius 1 is 0.905 bits per heavy atom. The highest BCUT2D eigenvalue weighted by Gasteiger charge is 2.43. The molecule has 6 rings (SSSR count). The van der Waals surface area contributed by atoms with Gasteiger partial charge < -0.3 is 19.5 Å². The Kier molecular flexibility index (Phi) is 7.48. The number of hydrogen-bond donors (Lipinski definition) is 1. The topological polar surface area (TPSA) is 73.9 Å². The van der Waals surface area contributed by atoms with Crippen molar-refractivity contribution in [3.8, 4) is 11.5 Å². The number of nitrogens with one attached hydrogen (secondary N) is 1. The molecule has 0 saturated carbocycles. The van der Waals surface area contributed by atoms with Crippen LogP contribution in [0.15, 0.2) is 95.7 Å². The quantitative estimate of drug-likeness (QED) is 0.217. The molecule has 0 amide bonds. The maximum absolute atomic E-state index is 13.8. The highest BCUT2D eigenvalue weighted by molar-refractivity contribution is 6.32. The standard InChI is InChI=1S/C35H30ClNO5/c1-4-40-28-18-23(17-27(36)34(28)42-19-22-13-10-12-21-11-6-7-14-24(21)22)30-29(35(39)41-5-2)20(3)37-32-25-15-8-9-16-26(25)33(38)31(30)32/h6-18,30,37H,4-5,19H2,1-3H3/t30-/m0/s1. The maximum Gasteiger partial charge on any atom is 0.336 e. The van der Waals surface area contributed by atoms with Crippen LogP contribution in [0.3, 0.4) is 0 Å². The molecule has 2 aliphatic rings. The molecule has 7 heteroatoms. The molecule has 4 aromatic carbocycles. The third-order valence-electron chi connectivity index (χ3n) is 7.66. The SMILES string of the molecule is CCOC(=O)C1=C(C)NC2=C(C(=O)c3ccccc32)[C@H]1c1cc(Cl)c(OCc2cccc3ccccc23)c(OCC)c1.